The largest absolute Gasteiger partial charge is 0.486 e. The molecule has 7 heteroatoms. The maximum atomic E-state index is 13.8. The molecule has 1 heterocycles. The van der Waals surface area contributed by atoms with Crippen LogP contribution in [0, 0.1) is 19.7 Å². The molecule has 1 aromatic heterocycles. The van der Waals surface area contributed by atoms with E-state index in [0.29, 0.717) is 24.5 Å². The predicted octanol–water partition coefficient (Wildman–Crippen LogP) is 5.58. The molecule has 27 heavy (non-hydrogen) atoms. The first-order chi connectivity index (χ1) is 13.0. The van der Waals surface area contributed by atoms with E-state index in [9.17, 15) is 4.39 Å². The van der Waals surface area contributed by atoms with Gasteiger partial charge >= 0.3 is 0 Å². The number of halogens is 2. The Kier molecular flexibility index (Phi) is 6.39. The van der Waals surface area contributed by atoms with Crippen molar-refractivity contribution in [3.8, 4) is 5.75 Å². The second-order valence-electron chi connectivity index (χ2n) is 6.18. The van der Waals surface area contributed by atoms with Crippen molar-refractivity contribution in [2.45, 2.75) is 44.8 Å². The summed E-state index contributed by atoms with van der Waals surface area (Å²) < 4.78 is 21.7. The van der Waals surface area contributed by atoms with Gasteiger partial charge in [0.25, 0.3) is 0 Å². The van der Waals surface area contributed by atoms with Crippen LogP contribution in [-0.4, -0.2) is 14.8 Å². The number of rotatable bonds is 7. The van der Waals surface area contributed by atoms with Crippen LogP contribution in [0.4, 0.5) is 4.39 Å². The molecular formula is C20H21ClFN3OS. The molecule has 0 fully saturated rings. The van der Waals surface area contributed by atoms with Gasteiger partial charge in [-0.05, 0) is 55.7 Å². The summed E-state index contributed by atoms with van der Waals surface area (Å²) in [5.41, 5.74) is 2.60. The van der Waals surface area contributed by atoms with Gasteiger partial charge in [-0.1, -0.05) is 41.6 Å². The maximum Gasteiger partial charge on any atom is 0.191 e. The Hall–Kier alpha value is -2.05. The number of nitrogens with zero attached hydrogens (tertiary/aromatic N) is 3. The molecule has 0 radical (unpaired) electrons. The second-order valence-corrected chi connectivity index (χ2v) is 7.50. The van der Waals surface area contributed by atoms with E-state index in [1.54, 1.807) is 12.1 Å². The van der Waals surface area contributed by atoms with E-state index in [1.807, 2.05) is 43.5 Å². The van der Waals surface area contributed by atoms with Gasteiger partial charge in [-0.3, -0.25) is 0 Å². The summed E-state index contributed by atoms with van der Waals surface area (Å²) in [5.74, 6) is 1.78. The van der Waals surface area contributed by atoms with E-state index in [2.05, 4.69) is 10.2 Å². The Morgan fingerprint density at radius 3 is 2.52 bits per heavy atom. The third kappa shape index (κ3) is 4.62. The fraction of sp³-hybridized carbons (Fsp3) is 0.300. The van der Waals surface area contributed by atoms with Gasteiger partial charge in [0.15, 0.2) is 11.0 Å². The average molecular weight is 406 g/mol. The van der Waals surface area contributed by atoms with E-state index in [1.165, 1.54) is 17.8 Å². The van der Waals surface area contributed by atoms with Crippen LogP contribution >= 0.6 is 23.4 Å². The maximum absolute atomic E-state index is 13.8. The minimum absolute atomic E-state index is 0.204. The lowest BCUT2D eigenvalue weighted by Gasteiger charge is -2.11. The van der Waals surface area contributed by atoms with Crippen LogP contribution in [0.5, 0.6) is 5.75 Å². The first-order valence-electron chi connectivity index (χ1n) is 8.67. The van der Waals surface area contributed by atoms with Crippen molar-refractivity contribution in [2.24, 2.45) is 0 Å². The van der Waals surface area contributed by atoms with Crippen LogP contribution in [0.3, 0.4) is 0 Å². The van der Waals surface area contributed by atoms with Crippen molar-refractivity contribution in [2.75, 3.05) is 0 Å². The van der Waals surface area contributed by atoms with Crippen molar-refractivity contribution in [1.29, 1.82) is 0 Å². The molecule has 0 aliphatic heterocycles. The molecule has 0 aliphatic carbocycles. The number of benzene rings is 2. The lowest BCUT2D eigenvalue weighted by molar-refractivity contribution is 0.288. The quantitative estimate of drug-likeness (QED) is 0.481. The van der Waals surface area contributed by atoms with Crippen molar-refractivity contribution in [1.82, 2.24) is 14.8 Å². The lowest BCUT2D eigenvalue weighted by atomic mass is 10.1. The molecule has 0 spiro atoms. The monoisotopic (exact) mass is 405 g/mol. The molecule has 4 nitrogen and oxygen atoms in total. The Bertz CT molecular complexity index is 922. The number of hydrogen-bond acceptors (Lipinski definition) is 4. The van der Waals surface area contributed by atoms with Crippen LogP contribution in [0.2, 0.25) is 5.02 Å². The van der Waals surface area contributed by atoms with Gasteiger partial charge in [-0.15, -0.1) is 10.2 Å². The molecule has 0 amide bonds. The van der Waals surface area contributed by atoms with E-state index in [4.69, 9.17) is 16.3 Å². The molecule has 0 saturated carbocycles. The number of ether oxygens (including phenoxy) is 1. The van der Waals surface area contributed by atoms with Crippen LogP contribution in [0.15, 0.2) is 41.6 Å². The second kappa shape index (κ2) is 8.76. The molecule has 2 aromatic carbocycles. The van der Waals surface area contributed by atoms with Gasteiger partial charge in [0.1, 0.15) is 18.2 Å². The topological polar surface area (TPSA) is 39.9 Å². The highest BCUT2D eigenvalue weighted by Gasteiger charge is 2.13. The standard InChI is InChI=1S/C20H21ClFN3OS/c1-4-25-18(11-26-16-9-13(2)19(21)14(3)10-16)23-24-20(25)27-12-15-7-5-6-8-17(15)22/h5-10H,4,11-12H2,1-3H3. The third-order valence-corrected chi connectivity index (χ3v) is 5.81. The highest BCUT2D eigenvalue weighted by molar-refractivity contribution is 7.98. The minimum atomic E-state index is -0.204. The number of thioether (sulfide) groups is 1. The summed E-state index contributed by atoms with van der Waals surface area (Å²) in [5, 5.41) is 10.0. The molecule has 0 saturated heterocycles. The Morgan fingerprint density at radius 1 is 1.15 bits per heavy atom. The fourth-order valence-corrected chi connectivity index (χ4v) is 3.86. The highest BCUT2D eigenvalue weighted by atomic mass is 35.5. The van der Waals surface area contributed by atoms with Gasteiger partial charge in [-0.2, -0.15) is 0 Å². The smallest absolute Gasteiger partial charge is 0.191 e. The molecule has 0 atom stereocenters. The number of aromatic nitrogens is 3. The molecule has 0 bridgehead atoms. The SMILES string of the molecule is CCn1c(COc2cc(C)c(Cl)c(C)c2)nnc1SCc1ccccc1F. The van der Waals surface area contributed by atoms with Gasteiger partial charge in [0.2, 0.25) is 0 Å². The summed E-state index contributed by atoms with van der Waals surface area (Å²) >= 11 is 7.67. The van der Waals surface area contributed by atoms with Gasteiger partial charge in [0.05, 0.1) is 0 Å². The van der Waals surface area contributed by atoms with Gasteiger partial charge < -0.3 is 9.30 Å². The van der Waals surface area contributed by atoms with Gasteiger partial charge in [-0.25, -0.2) is 4.39 Å². The fourth-order valence-electron chi connectivity index (χ4n) is 2.75. The minimum Gasteiger partial charge on any atom is -0.486 e. The Balaban J connectivity index is 1.69. The molecule has 142 valence electrons. The zero-order valence-electron chi connectivity index (χ0n) is 15.5. The normalized spacial score (nSPS) is 11.0. The number of aryl methyl sites for hydroxylation is 2. The summed E-state index contributed by atoms with van der Waals surface area (Å²) in [6, 6.07) is 10.6. The van der Waals surface area contributed by atoms with Crippen molar-refractivity contribution >= 4 is 23.4 Å². The van der Waals surface area contributed by atoms with E-state index in [0.717, 1.165) is 32.9 Å². The summed E-state index contributed by atoms with van der Waals surface area (Å²) in [7, 11) is 0. The molecule has 0 N–H and O–H groups in total. The zero-order valence-corrected chi connectivity index (χ0v) is 17.1. The molecule has 3 aromatic rings. The third-order valence-electron chi connectivity index (χ3n) is 4.20. The molecule has 0 unspecified atom stereocenters. The van der Waals surface area contributed by atoms with Crippen LogP contribution in [0.25, 0.3) is 0 Å². The van der Waals surface area contributed by atoms with E-state index < -0.39 is 0 Å². The van der Waals surface area contributed by atoms with Gasteiger partial charge in [0, 0.05) is 17.3 Å². The van der Waals surface area contributed by atoms with Crippen molar-refractivity contribution in [3.63, 3.8) is 0 Å². The van der Waals surface area contributed by atoms with Crippen molar-refractivity contribution in [3.05, 3.63) is 69.8 Å². The molecular weight excluding hydrogens is 385 g/mol. The summed E-state index contributed by atoms with van der Waals surface area (Å²) in [6.45, 7) is 6.95. The van der Waals surface area contributed by atoms with E-state index in [-0.39, 0.29) is 5.82 Å². The van der Waals surface area contributed by atoms with Crippen LogP contribution in [0.1, 0.15) is 29.4 Å². The average Bonchev–Trinajstić information content (AvgIpc) is 3.05. The number of hydrogen-bond donors (Lipinski definition) is 0. The Morgan fingerprint density at radius 2 is 1.85 bits per heavy atom. The first-order valence-corrected chi connectivity index (χ1v) is 10.0. The van der Waals surface area contributed by atoms with Crippen LogP contribution < -0.4 is 4.74 Å². The summed E-state index contributed by atoms with van der Waals surface area (Å²) in [6.07, 6.45) is 0. The predicted molar refractivity (Wildman–Crippen MR) is 107 cm³/mol. The molecule has 0 aliphatic rings. The Labute approximate surface area is 167 Å². The molecule has 3 rings (SSSR count). The van der Waals surface area contributed by atoms with Crippen molar-refractivity contribution < 1.29 is 9.13 Å². The van der Waals surface area contributed by atoms with Crippen LogP contribution in [-0.2, 0) is 18.9 Å². The highest BCUT2D eigenvalue weighted by Crippen LogP contribution is 2.27. The summed E-state index contributed by atoms with van der Waals surface area (Å²) in [4.78, 5) is 0. The first kappa shape index (κ1) is 19.7. The van der Waals surface area contributed by atoms with E-state index >= 15 is 0 Å². The lowest BCUT2D eigenvalue weighted by Crippen LogP contribution is -2.07. The zero-order chi connectivity index (χ0) is 19.4.